The lowest BCUT2D eigenvalue weighted by Gasteiger charge is -2.11. The molecule has 1 N–H and O–H groups in total. The predicted octanol–water partition coefficient (Wildman–Crippen LogP) is 5.07. The van der Waals surface area contributed by atoms with Gasteiger partial charge in [-0.3, -0.25) is 4.57 Å². The van der Waals surface area contributed by atoms with Crippen LogP contribution in [0.15, 0.2) is 61.1 Å². The minimum Gasteiger partial charge on any atom is -0.350 e. The van der Waals surface area contributed by atoms with Gasteiger partial charge in [0.05, 0.1) is 11.0 Å². The van der Waals surface area contributed by atoms with Crippen molar-refractivity contribution in [3.63, 3.8) is 0 Å². The molecule has 0 saturated carbocycles. The highest BCUT2D eigenvalue weighted by Gasteiger charge is 2.07. The van der Waals surface area contributed by atoms with Crippen molar-refractivity contribution in [3.05, 3.63) is 77.7 Å². The number of nitrogens with zero attached hydrogens (tertiary/aromatic N) is 4. The van der Waals surface area contributed by atoms with Gasteiger partial charge < -0.3 is 5.32 Å². The minimum absolute atomic E-state index is 0.609. The van der Waals surface area contributed by atoms with Crippen LogP contribution in [0.3, 0.4) is 0 Å². The minimum atomic E-state index is 0.609. The lowest BCUT2D eigenvalue weighted by molar-refractivity contribution is 0.970. The lowest BCUT2D eigenvalue weighted by Crippen LogP contribution is -2.08. The van der Waals surface area contributed by atoms with Gasteiger partial charge in [-0.2, -0.15) is 4.98 Å². The molecule has 4 rings (SSSR count). The number of hydrogen-bond donors (Lipinski definition) is 1. The predicted molar refractivity (Wildman–Crippen MR) is 111 cm³/mol. The van der Waals surface area contributed by atoms with E-state index in [1.165, 1.54) is 16.7 Å². The smallest absolute Gasteiger partial charge is 0.224 e. The van der Waals surface area contributed by atoms with Gasteiger partial charge in [0.1, 0.15) is 12.1 Å². The summed E-state index contributed by atoms with van der Waals surface area (Å²) in [6, 6.07) is 16.2. The van der Waals surface area contributed by atoms with E-state index in [9.17, 15) is 0 Å². The van der Waals surface area contributed by atoms with Crippen molar-refractivity contribution in [2.45, 2.75) is 34.2 Å². The van der Waals surface area contributed by atoms with E-state index in [0.717, 1.165) is 16.9 Å². The van der Waals surface area contributed by atoms with Crippen molar-refractivity contribution in [2.75, 3.05) is 5.32 Å². The molecule has 0 amide bonds. The van der Waals surface area contributed by atoms with Crippen LogP contribution in [0.25, 0.3) is 16.9 Å². The van der Waals surface area contributed by atoms with Crippen LogP contribution in [0.4, 0.5) is 5.95 Å². The highest BCUT2D eigenvalue weighted by Crippen LogP contribution is 2.18. The molecule has 0 saturated heterocycles. The maximum Gasteiger partial charge on any atom is 0.224 e. The zero-order valence-corrected chi connectivity index (χ0v) is 16.3. The van der Waals surface area contributed by atoms with E-state index in [0.29, 0.717) is 12.5 Å². The van der Waals surface area contributed by atoms with E-state index in [4.69, 9.17) is 0 Å². The van der Waals surface area contributed by atoms with Crippen molar-refractivity contribution in [1.82, 2.24) is 19.5 Å². The average molecular weight is 359 g/mol. The molecule has 0 radical (unpaired) electrons. The molecule has 138 valence electrons. The van der Waals surface area contributed by atoms with E-state index < -0.39 is 0 Å². The van der Waals surface area contributed by atoms with E-state index in [1.807, 2.05) is 48.7 Å². The second-order valence-electron chi connectivity index (χ2n) is 6.07. The Labute approximate surface area is 160 Å². The summed E-state index contributed by atoms with van der Waals surface area (Å²) in [6.07, 6.45) is 3.56. The normalized spacial score (nSPS) is 10.4. The number of hydrogen-bond acceptors (Lipinski definition) is 4. The number of aromatic nitrogens is 4. The Kier molecular flexibility index (Phi) is 5.81. The van der Waals surface area contributed by atoms with Crippen molar-refractivity contribution in [3.8, 4) is 5.82 Å². The van der Waals surface area contributed by atoms with Gasteiger partial charge in [0.25, 0.3) is 0 Å². The first-order valence-electron chi connectivity index (χ1n) is 9.27. The Morgan fingerprint density at radius 3 is 2.41 bits per heavy atom. The van der Waals surface area contributed by atoms with Gasteiger partial charge in [0, 0.05) is 12.7 Å². The van der Waals surface area contributed by atoms with Gasteiger partial charge in [-0.25, -0.2) is 9.97 Å². The molecule has 0 bridgehead atoms. The number of nitrogens with one attached hydrogen (secondary N) is 1. The van der Waals surface area contributed by atoms with Crippen LogP contribution in [-0.4, -0.2) is 19.5 Å². The molecular weight excluding hydrogens is 334 g/mol. The summed E-state index contributed by atoms with van der Waals surface area (Å²) in [6.45, 7) is 8.95. The average Bonchev–Trinajstić information content (AvgIpc) is 3.14. The second-order valence-corrected chi connectivity index (χ2v) is 6.07. The van der Waals surface area contributed by atoms with Gasteiger partial charge in [0.15, 0.2) is 0 Å². The van der Waals surface area contributed by atoms with E-state index in [2.05, 4.69) is 52.3 Å². The van der Waals surface area contributed by atoms with Crippen molar-refractivity contribution >= 4 is 17.0 Å². The Hall–Kier alpha value is -3.21. The van der Waals surface area contributed by atoms with Gasteiger partial charge >= 0.3 is 0 Å². The molecule has 0 atom stereocenters. The van der Waals surface area contributed by atoms with E-state index in [1.54, 1.807) is 12.5 Å². The molecule has 5 heteroatoms. The number of fused-ring (bicyclic) bond motifs is 1. The maximum atomic E-state index is 4.64. The number of imidazole rings is 1. The number of aryl methyl sites for hydroxylation is 2. The summed E-state index contributed by atoms with van der Waals surface area (Å²) in [5, 5.41) is 3.34. The Balaban J connectivity index is 0.00000102. The molecule has 2 aromatic carbocycles. The molecule has 0 aliphatic heterocycles. The fraction of sp³-hybridized carbons (Fsp3) is 0.227. The van der Waals surface area contributed by atoms with Crippen LogP contribution >= 0.6 is 0 Å². The number of anilines is 1. The third-order valence-electron chi connectivity index (χ3n) is 4.41. The van der Waals surface area contributed by atoms with Gasteiger partial charge in [-0.05, 0) is 48.7 Å². The summed E-state index contributed by atoms with van der Waals surface area (Å²) >= 11 is 0. The first kappa shape index (κ1) is 18.6. The van der Waals surface area contributed by atoms with Crippen LogP contribution in [0, 0.1) is 13.8 Å². The SMILES string of the molecule is CC.Cc1cccc(C)c1CNc1nccc(-n2cnc3ccccc32)n1. The highest BCUT2D eigenvalue weighted by molar-refractivity contribution is 5.76. The summed E-state index contributed by atoms with van der Waals surface area (Å²) in [4.78, 5) is 13.4. The number of para-hydroxylation sites is 2. The molecule has 4 aromatic rings. The highest BCUT2D eigenvalue weighted by atomic mass is 15.2. The van der Waals surface area contributed by atoms with Crippen LogP contribution < -0.4 is 5.32 Å². The Morgan fingerprint density at radius 2 is 1.63 bits per heavy atom. The van der Waals surface area contributed by atoms with Crippen molar-refractivity contribution in [1.29, 1.82) is 0 Å². The largest absolute Gasteiger partial charge is 0.350 e. The molecule has 5 nitrogen and oxygen atoms in total. The Morgan fingerprint density at radius 1 is 0.889 bits per heavy atom. The number of rotatable bonds is 4. The molecular formula is C22H25N5. The van der Waals surface area contributed by atoms with Gasteiger partial charge in [-0.1, -0.05) is 44.2 Å². The molecule has 27 heavy (non-hydrogen) atoms. The monoisotopic (exact) mass is 359 g/mol. The third-order valence-corrected chi connectivity index (χ3v) is 4.41. The number of benzene rings is 2. The molecule has 0 spiro atoms. The van der Waals surface area contributed by atoms with Gasteiger partial charge in [-0.15, -0.1) is 0 Å². The molecule has 0 aliphatic carbocycles. The standard InChI is InChI=1S/C20H19N5.C2H6/c1-14-6-5-7-15(2)16(14)12-22-20-21-11-10-19(24-20)25-13-23-17-8-3-4-9-18(17)25;1-2/h3-11,13H,12H2,1-2H3,(H,21,22,24);1-2H3. The van der Waals surface area contributed by atoms with Crippen LogP contribution in [0.1, 0.15) is 30.5 Å². The maximum absolute atomic E-state index is 4.64. The van der Waals surface area contributed by atoms with Gasteiger partial charge in [0.2, 0.25) is 5.95 Å². The lowest BCUT2D eigenvalue weighted by atomic mass is 10.0. The third kappa shape index (κ3) is 3.97. The molecule has 2 heterocycles. The molecule has 0 aliphatic rings. The first-order chi connectivity index (χ1) is 13.2. The molecule has 0 unspecified atom stereocenters. The van der Waals surface area contributed by atoms with Crippen molar-refractivity contribution < 1.29 is 0 Å². The molecule has 2 aromatic heterocycles. The zero-order chi connectivity index (χ0) is 19.2. The summed E-state index contributed by atoms with van der Waals surface area (Å²) < 4.78 is 1.97. The Bertz CT molecular complexity index is 1020. The summed E-state index contributed by atoms with van der Waals surface area (Å²) in [7, 11) is 0. The summed E-state index contributed by atoms with van der Waals surface area (Å²) in [5.41, 5.74) is 5.80. The van der Waals surface area contributed by atoms with Crippen LogP contribution in [-0.2, 0) is 6.54 Å². The van der Waals surface area contributed by atoms with E-state index >= 15 is 0 Å². The molecule has 0 fully saturated rings. The topological polar surface area (TPSA) is 55.6 Å². The zero-order valence-electron chi connectivity index (χ0n) is 16.3. The van der Waals surface area contributed by atoms with Crippen molar-refractivity contribution in [2.24, 2.45) is 0 Å². The quantitative estimate of drug-likeness (QED) is 0.553. The van der Waals surface area contributed by atoms with E-state index in [-0.39, 0.29) is 0 Å². The summed E-state index contributed by atoms with van der Waals surface area (Å²) in [5.74, 6) is 1.41. The van der Waals surface area contributed by atoms with Crippen LogP contribution in [0.5, 0.6) is 0 Å². The fourth-order valence-corrected chi connectivity index (χ4v) is 3.01. The first-order valence-corrected chi connectivity index (χ1v) is 9.27. The fourth-order valence-electron chi connectivity index (χ4n) is 3.01. The second kappa shape index (κ2) is 8.45. The van der Waals surface area contributed by atoms with Crippen LogP contribution in [0.2, 0.25) is 0 Å².